The van der Waals surface area contributed by atoms with Crippen molar-refractivity contribution in [3.05, 3.63) is 34.6 Å². The van der Waals surface area contributed by atoms with Crippen molar-refractivity contribution in [2.75, 3.05) is 6.54 Å². The van der Waals surface area contributed by atoms with Gasteiger partial charge in [-0.2, -0.15) is 0 Å². The van der Waals surface area contributed by atoms with Crippen LogP contribution in [0.3, 0.4) is 0 Å². The number of carboxylic acid groups (broad SMARTS) is 1. The zero-order chi connectivity index (χ0) is 17.6. The molecule has 0 saturated heterocycles. The number of benzene rings is 1. The Hall–Kier alpha value is -2.15. The molecule has 0 aliphatic heterocycles. The van der Waals surface area contributed by atoms with E-state index in [4.69, 9.17) is 16.7 Å². The van der Waals surface area contributed by atoms with Gasteiger partial charge in [-0.05, 0) is 30.5 Å². The van der Waals surface area contributed by atoms with Crippen molar-refractivity contribution in [1.29, 1.82) is 0 Å². The highest BCUT2D eigenvalue weighted by atomic mass is 35.5. The van der Waals surface area contributed by atoms with Gasteiger partial charge in [0.1, 0.15) is 11.9 Å². The average Bonchev–Trinajstić information content (AvgIpc) is 2.46. The number of carboxylic acids is 1. The molecule has 0 spiro atoms. The van der Waals surface area contributed by atoms with Crippen LogP contribution in [-0.4, -0.2) is 35.5 Å². The molecule has 0 heterocycles. The van der Waals surface area contributed by atoms with Crippen molar-refractivity contribution in [3.63, 3.8) is 0 Å². The number of carbonyl (C=O) groups is 3. The van der Waals surface area contributed by atoms with Crippen molar-refractivity contribution < 1.29 is 23.9 Å². The molecule has 0 aliphatic carbocycles. The van der Waals surface area contributed by atoms with Crippen LogP contribution in [0.5, 0.6) is 0 Å². The van der Waals surface area contributed by atoms with E-state index in [1.54, 1.807) is 0 Å². The van der Waals surface area contributed by atoms with Gasteiger partial charge in [-0.1, -0.05) is 25.4 Å². The first-order valence-corrected chi connectivity index (χ1v) is 7.34. The van der Waals surface area contributed by atoms with Crippen LogP contribution in [0.2, 0.25) is 5.02 Å². The zero-order valence-electron chi connectivity index (χ0n) is 12.7. The van der Waals surface area contributed by atoms with Gasteiger partial charge in [-0.3, -0.25) is 9.59 Å². The third kappa shape index (κ3) is 6.23. The van der Waals surface area contributed by atoms with Crippen LogP contribution in [0.1, 0.15) is 30.6 Å². The maximum Gasteiger partial charge on any atom is 0.326 e. The van der Waals surface area contributed by atoms with E-state index in [0.29, 0.717) is 0 Å². The van der Waals surface area contributed by atoms with Gasteiger partial charge in [0.05, 0.1) is 12.1 Å². The van der Waals surface area contributed by atoms with Gasteiger partial charge in [0.2, 0.25) is 5.91 Å². The lowest BCUT2D eigenvalue weighted by molar-refractivity contribution is -0.142. The van der Waals surface area contributed by atoms with Crippen LogP contribution in [0.25, 0.3) is 0 Å². The average molecular weight is 345 g/mol. The van der Waals surface area contributed by atoms with Crippen LogP contribution in [-0.2, 0) is 9.59 Å². The Morgan fingerprint density at radius 3 is 2.52 bits per heavy atom. The Labute approximate surface area is 138 Å². The monoisotopic (exact) mass is 344 g/mol. The number of aliphatic carboxylic acids is 1. The topological polar surface area (TPSA) is 95.5 Å². The largest absolute Gasteiger partial charge is 0.480 e. The van der Waals surface area contributed by atoms with E-state index < -0.39 is 36.2 Å². The predicted octanol–water partition coefficient (Wildman–Crippen LogP) is 1.82. The van der Waals surface area contributed by atoms with Gasteiger partial charge >= 0.3 is 5.97 Å². The fourth-order valence-corrected chi connectivity index (χ4v) is 2.04. The third-order valence-electron chi connectivity index (χ3n) is 2.92. The lowest BCUT2D eigenvalue weighted by Crippen LogP contribution is -2.46. The molecule has 23 heavy (non-hydrogen) atoms. The zero-order valence-corrected chi connectivity index (χ0v) is 13.5. The molecule has 0 aliphatic rings. The highest BCUT2D eigenvalue weighted by Gasteiger charge is 2.21. The SMILES string of the molecule is CC(C)C[C@H](NC(=O)CNC(=O)c1cc(Cl)ccc1F)C(=O)O. The van der Waals surface area contributed by atoms with E-state index in [1.807, 2.05) is 13.8 Å². The first-order valence-electron chi connectivity index (χ1n) is 6.96. The molecule has 0 unspecified atom stereocenters. The van der Waals surface area contributed by atoms with Crippen LogP contribution in [0.4, 0.5) is 4.39 Å². The van der Waals surface area contributed by atoms with Crippen molar-refractivity contribution in [1.82, 2.24) is 10.6 Å². The number of halogens is 2. The van der Waals surface area contributed by atoms with E-state index >= 15 is 0 Å². The minimum Gasteiger partial charge on any atom is -0.480 e. The predicted molar refractivity (Wildman–Crippen MR) is 82.8 cm³/mol. The number of hydrogen-bond donors (Lipinski definition) is 3. The van der Waals surface area contributed by atoms with E-state index in [9.17, 15) is 18.8 Å². The van der Waals surface area contributed by atoms with Gasteiger partial charge in [-0.25, -0.2) is 9.18 Å². The second kappa shape index (κ2) is 8.47. The first-order chi connectivity index (χ1) is 10.7. The summed E-state index contributed by atoms with van der Waals surface area (Å²) in [7, 11) is 0. The minimum absolute atomic E-state index is 0.0755. The summed E-state index contributed by atoms with van der Waals surface area (Å²) in [6.45, 7) is 3.18. The van der Waals surface area contributed by atoms with Gasteiger partial charge in [0, 0.05) is 5.02 Å². The van der Waals surface area contributed by atoms with Crippen LogP contribution < -0.4 is 10.6 Å². The number of hydrogen-bond acceptors (Lipinski definition) is 3. The molecule has 0 saturated carbocycles. The molecule has 1 rings (SSSR count). The molecular formula is C15H18ClFN2O4. The van der Waals surface area contributed by atoms with Crippen molar-refractivity contribution in [2.24, 2.45) is 5.92 Å². The maximum atomic E-state index is 13.5. The number of carbonyl (C=O) groups excluding carboxylic acids is 2. The molecular weight excluding hydrogens is 327 g/mol. The van der Waals surface area contributed by atoms with E-state index in [2.05, 4.69) is 10.6 Å². The molecule has 1 aromatic rings. The smallest absolute Gasteiger partial charge is 0.326 e. The maximum absolute atomic E-state index is 13.5. The summed E-state index contributed by atoms with van der Waals surface area (Å²) in [5.41, 5.74) is -0.290. The quantitative estimate of drug-likeness (QED) is 0.703. The second-order valence-corrected chi connectivity index (χ2v) is 5.83. The normalized spacial score (nSPS) is 11.9. The molecule has 6 nitrogen and oxygen atoms in total. The third-order valence-corrected chi connectivity index (χ3v) is 3.16. The Bertz CT molecular complexity index is 607. The molecule has 1 aromatic carbocycles. The summed E-state index contributed by atoms with van der Waals surface area (Å²) in [5, 5.41) is 13.7. The van der Waals surface area contributed by atoms with Gasteiger partial charge < -0.3 is 15.7 Å². The highest BCUT2D eigenvalue weighted by molar-refractivity contribution is 6.31. The van der Waals surface area contributed by atoms with Gasteiger partial charge in [-0.15, -0.1) is 0 Å². The minimum atomic E-state index is -1.15. The van der Waals surface area contributed by atoms with Gasteiger partial charge in [0.15, 0.2) is 0 Å². The van der Waals surface area contributed by atoms with Crippen molar-refractivity contribution >= 4 is 29.4 Å². The molecule has 0 aromatic heterocycles. The number of nitrogens with one attached hydrogen (secondary N) is 2. The summed E-state index contributed by atoms with van der Waals surface area (Å²) < 4.78 is 13.5. The lowest BCUT2D eigenvalue weighted by Gasteiger charge is -2.16. The number of rotatable bonds is 7. The molecule has 1 atom stereocenters. The fourth-order valence-electron chi connectivity index (χ4n) is 1.87. The van der Waals surface area contributed by atoms with E-state index in [1.165, 1.54) is 6.07 Å². The summed E-state index contributed by atoms with van der Waals surface area (Å²) >= 11 is 5.68. The summed E-state index contributed by atoms with van der Waals surface area (Å²) in [5.74, 6) is -3.33. The Morgan fingerprint density at radius 2 is 1.96 bits per heavy atom. The van der Waals surface area contributed by atoms with Crippen LogP contribution in [0, 0.1) is 11.7 Å². The van der Waals surface area contributed by atoms with Crippen LogP contribution >= 0.6 is 11.6 Å². The fraction of sp³-hybridized carbons (Fsp3) is 0.400. The molecule has 0 radical (unpaired) electrons. The molecule has 0 fully saturated rings. The van der Waals surface area contributed by atoms with E-state index in [0.717, 1.165) is 12.1 Å². The molecule has 126 valence electrons. The van der Waals surface area contributed by atoms with E-state index in [-0.39, 0.29) is 22.9 Å². The van der Waals surface area contributed by atoms with Crippen molar-refractivity contribution in [3.8, 4) is 0 Å². The Morgan fingerprint density at radius 1 is 1.30 bits per heavy atom. The highest BCUT2D eigenvalue weighted by Crippen LogP contribution is 2.14. The Kier molecular flexibility index (Phi) is 6.96. The lowest BCUT2D eigenvalue weighted by atomic mass is 10.0. The Balaban J connectivity index is 2.59. The molecule has 2 amide bonds. The summed E-state index contributed by atoms with van der Waals surface area (Å²) in [6.07, 6.45) is 0.262. The molecule has 3 N–H and O–H groups in total. The standard InChI is InChI=1S/C15H18ClFN2O4/c1-8(2)5-12(15(22)23)19-13(20)7-18-14(21)10-6-9(16)3-4-11(10)17/h3-4,6,8,12H,5,7H2,1-2H3,(H,18,21)(H,19,20)(H,22,23)/t12-/m0/s1. The number of amides is 2. The first kappa shape index (κ1) is 18.9. The summed E-state index contributed by atoms with van der Waals surface area (Å²) in [4.78, 5) is 34.6. The molecule has 0 bridgehead atoms. The molecule has 8 heteroatoms. The second-order valence-electron chi connectivity index (χ2n) is 5.39. The van der Waals surface area contributed by atoms with Crippen molar-refractivity contribution in [2.45, 2.75) is 26.3 Å². The van der Waals surface area contributed by atoms with Crippen LogP contribution in [0.15, 0.2) is 18.2 Å². The summed E-state index contributed by atoms with van der Waals surface area (Å²) in [6, 6.07) is 2.44. The van der Waals surface area contributed by atoms with Gasteiger partial charge in [0.25, 0.3) is 5.91 Å².